The molecule has 2 aromatic heterocycles. The summed E-state index contributed by atoms with van der Waals surface area (Å²) in [5.74, 6) is 0.525. The van der Waals surface area contributed by atoms with E-state index in [9.17, 15) is 5.11 Å². The molecular weight excluding hydrogens is 270 g/mol. The molecule has 20 heavy (non-hydrogen) atoms. The van der Waals surface area contributed by atoms with Crippen LogP contribution in [0, 0.1) is 0 Å². The Hall–Kier alpha value is -1.91. The van der Waals surface area contributed by atoms with E-state index in [0.717, 1.165) is 5.56 Å². The minimum absolute atomic E-state index is 0.525. The summed E-state index contributed by atoms with van der Waals surface area (Å²) in [4.78, 5) is 4.28. The first-order valence-corrected chi connectivity index (χ1v) is 7.30. The number of methoxy groups -OCH3 is 1. The summed E-state index contributed by atoms with van der Waals surface area (Å²) < 4.78 is 6.33. The summed E-state index contributed by atoms with van der Waals surface area (Å²) in [5.41, 5.74) is 1.79. The van der Waals surface area contributed by atoms with E-state index in [4.69, 9.17) is 4.74 Å². The minimum Gasteiger partial charge on any atom is -0.481 e. The lowest BCUT2D eigenvalue weighted by molar-refractivity contribution is 0.173. The van der Waals surface area contributed by atoms with Gasteiger partial charge in [0, 0.05) is 17.2 Å². The highest BCUT2D eigenvalue weighted by atomic mass is 32.1. The van der Waals surface area contributed by atoms with E-state index in [2.05, 4.69) is 22.5 Å². The van der Waals surface area contributed by atoms with Crippen molar-refractivity contribution in [1.82, 2.24) is 4.98 Å². The van der Waals surface area contributed by atoms with Crippen LogP contribution in [0.15, 0.2) is 47.8 Å². The van der Waals surface area contributed by atoms with Gasteiger partial charge in [0.25, 0.3) is 0 Å². The fraction of sp³-hybridized carbons (Fsp3) is 0.188. The zero-order valence-corrected chi connectivity index (χ0v) is 11.9. The van der Waals surface area contributed by atoms with Crippen molar-refractivity contribution in [2.24, 2.45) is 0 Å². The number of rotatable bonds is 4. The van der Waals surface area contributed by atoms with Crippen molar-refractivity contribution in [2.45, 2.75) is 12.5 Å². The minimum atomic E-state index is -0.622. The average molecular weight is 285 g/mol. The monoisotopic (exact) mass is 285 g/mol. The number of aliphatic hydroxyl groups excluding tert-OH is 1. The highest BCUT2D eigenvalue weighted by Crippen LogP contribution is 2.29. The van der Waals surface area contributed by atoms with Gasteiger partial charge in [-0.05, 0) is 28.5 Å². The fourth-order valence-corrected chi connectivity index (χ4v) is 3.21. The van der Waals surface area contributed by atoms with Gasteiger partial charge in [0.15, 0.2) is 0 Å². The third kappa shape index (κ3) is 2.53. The third-order valence-electron chi connectivity index (χ3n) is 3.27. The lowest BCUT2D eigenvalue weighted by atomic mass is 10.0. The average Bonchev–Trinajstić information content (AvgIpc) is 2.90. The highest BCUT2D eigenvalue weighted by Gasteiger charge is 2.13. The predicted molar refractivity (Wildman–Crippen MR) is 81.3 cm³/mol. The molecule has 1 unspecified atom stereocenters. The highest BCUT2D eigenvalue weighted by molar-refractivity contribution is 7.17. The van der Waals surface area contributed by atoms with E-state index in [-0.39, 0.29) is 0 Å². The number of aromatic nitrogens is 1. The zero-order valence-electron chi connectivity index (χ0n) is 11.1. The lowest BCUT2D eigenvalue weighted by Gasteiger charge is -2.10. The van der Waals surface area contributed by atoms with E-state index in [1.165, 1.54) is 10.1 Å². The molecule has 1 N–H and O–H groups in total. The van der Waals surface area contributed by atoms with Crippen molar-refractivity contribution in [3.8, 4) is 5.88 Å². The summed E-state index contributed by atoms with van der Waals surface area (Å²) in [7, 11) is 1.57. The normalized spacial score (nSPS) is 12.5. The molecule has 0 aliphatic carbocycles. The SMILES string of the molecule is COc1cccc(C(O)Cc2csc3ccccc23)n1. The van der Waals surface area contributed by atoms with Crippen LogP contribution in [0.3, 0.4) is 0 Å². The van der Waals surface area contributed by atoms with Crippen molar-refractivity contribution in [1.29, 1.82) is 0 Å². The van der Waals surface area contributed by atoms with E-state index >= 15 is 0 Å². The molecule has 3 aromatic rings. The molecule has 0 spiro atoms. The Morgan fingerprint density at radius 2 is 2.05 bits per heavy atom. The van der Waals surface area contributed by atoms with Crippen molar-refractivity contribution in [2.75, 3.05) is 7.11 Å². The Kier molecular flexibility index (Phi) is 3.67. The molecule has 3 nitrogen and oxygen atoms in total. The summed E-state index contributed by atoms with van der Waals surface area (Å²) in [5, 5.41) is 13.7. The third-order valence-corrected chi connectivity index (χ3v) is 4.28. The Bertz CT molecular complexity index is 723. The molecular formula is C16H15NO2S. The molecule has 0 saturated heterocycles. The van der Waals surface area contributed by atoms with Gasteiger partial charge < -0.3 is 9.84 Å². The fourth-order valence-electron chi connectivity index (χ4n) is 2.23. The van der Waals surface area contributed by atoms with Crippen LogP contribution in [0.5, 0.6) is 5.88 Å². The number of hydrogen-bond donors (Lipinski definition) is 1. The number of thiophene rings is 1. The van der Waals surface area contributed by atoms with Crippen LogP contribution in [-0.2, 0) is 6.42 Å². The van der Waals surface area contributed by atoms with Crippen molar-refractivity contribution in [3.05, 3.63) is 59.1 Å². The number of benzene rings is 1. The maximum Gasteiger partial charge on any atom is 0.213 e. The van der Waals surface area contributed by atoms with Crippen LogP contribution in [0.4, 0.5) is 0 Å². The van der Waals surface area contributed by atoms with Gasteiger partial charge in [0.05, 0.1) is 12.8 Å². The second-order valence-corrected chi connectivity index (χ2v) is 5.49. The van der Waals surface area contributed by atoms with Gasteiger partial charge in [0.1, 0.15) is 6.10 Å². The van der Waals surface area contributed by atoms with Crippen LogP contribution in [0.2, 0.25) is 0 Å². The maximum absolute atomic E-state index is 10.4. The van der Waals surface area contributed by atoms with Gasteiger partial charge in [-0.2, -0.15) is 0 Å². The largest absolute Gasteiger partial charge is 0.481 e. The standard InChI is InChI=1S/C16H15NO2S/c1-19-16-8-4-6-13(17-16)14(18)9-11-10-20-15-7-3-2-5-12(11)15/h2-8,10,14,18H,9H2,1H3. The van der Waals surface area contributed by atoms with E-state index in [1.807, 2.05) is 24.3 Å². The first-order chi connectivity index (χ1) is 9.78. The maximum atomic E-state index is 10.4. The Labute approximate surface area is 121 Å². The molecule has 102 valence electrons. The molecule has 0 saturated carbocycles. The summed E-state index contributed by atoms with van der Waals surface area (Å²) >= 11 is 1.70. The van der Waals surface area contributed by atoms with Gasteiger partial charge in [-0.15, -0.1) is 11.3 Å². The first kappa shape index (κ1) is 13.1. The molecule has 0 aliphatic rings. The van der Waals surface area contributed by atoms with Crippen LogP contribution in [-0.4, -0.2) is 17.2 Å². The summed E-state index contributed by atoms with van der Waals surface area (Å²) in [6.45, 7) is 0. The van der Waals surface area contributed by atoms with E-state index in [1.54, 1.807) is 24.5 Å². The number of hydrogen-bond acceptors (Lipinski definition) is 4. The van der Waals surface area contributed by atoms with Gasteiger partial charge in [-0.1, -0.05) is 24.3 Å². The molecule has 0 aliphatic heterocycles. The van der Waals surface area contributed by atoms with Crippen LogP contribution < -0.4 is 4.74 Å². The Morgan fingerprint density at radius 3 is 2.90 bits per heavy atom. The molecule has 0 radical (unpaired) electrons. The smallest absolute Gasteiger partial charge is 0.213 e. The molecule has 1 atom stereocenters. The van der Waals surface area contributed by atoms with Gasteiger partial charge in [-0.3, -0.25) is 0 Å². The molecule has 2 heterocycles. The van der Waals surface area contributed by atoms with E-state index in [0.29, 0.717) is 18.0 Å². The quantitative estimate of drug-likeness (QED) is 0.796. The zero-order chi connectivity index (χ0) is 13.9. The van der Waals surface area contributed by atoms with Crippen molar-refractivity contribution < 1.29 is 9.84 Å². The number of nitrogens with zero attached hydrogens (tertiary/aromatic N) is 1. The van der Waals surface area contributed by atoms with Gasteiger partial charge >= 0.3 is 0 Å². The van der Waals surface area contributed by atoms with E-state index < -0.39 is 6.10 Å². The molecule has 1 aromatic carbocycles. The van der Waals surface area contributed by atoms with Crippen molar-refractivity contribution >= 4 is 21.4 Å². The number of aliphatic hydroxyl groups is 1. The molecule has 0 amide bonds. The van der Waals surface area contributed by atoms with Crippen LogP contribution in [0.1, 0.15) is 17.4 Å². The molecule has 4 heteroatoms. The molecule has 0 fully saturated rings. The second-order valence-electron chi connectivity index (χ2n) is 4.58. The number of fused-ring (bicyclic) bond motifs is 1. The molecule has 3 rings (SSSR count). The van der Waals surface area contributed by atoms with Gasteiger partial charge in [-0.25, -0.2) is 4.98 Å². The number of ether oxygens (including phenoxy) is 1. The number of pyridine rings is 1. The Morgan fingerprint density at radius 1 is 1.20 bits per heavy atom. The van der Waals surface area contributed by atoms with Crippen LogP contribution >= 0.6 is 11.3 Å². The Balaban J connectivity index is 1.86. The first-order valence-electron chi connectivity index (χ1n) is 6.42. The van der Waals surface area contributed by atoms with Crippen molar-refractivity contribution in [3.63, 3.8) is 0 Å². The second kappa shape index (κ2) is 5.61. The lowest BCUT2D eigenvalue weighted by Crippen LogP contribution is -2.04. The molecule has 0 bridgehead atoms. The summed E-state index contributed by atoms with van der Waals surface area (Å²) in [6, 6.07) is 13.7. The van der Waals surface area contributed by atoms with Crippen LogP contribution in [0.25, 0.3) is 10.1 Å². The topological polar surface area (TPSA) is 42.4 Å². The van der Waals surface area contributed by atoms with Gasteiger partial charge in [0.2, 0.25) is 5.88 Å². The predicted octanol–water partition coefficient (Wildman–Crippen LogP) is 3.58. The summed E-state index contributed by atoms with van der Waals surface area (Å²) in [6.07, 6.45) is -0.0624.